The summed E-state index contributed by atoms with van der Waals surface area (Å²) >= 11 is 12.2. The summed E-state index contributed by atoms with van der Waals surface area (Å²) in [4.78, 5) is 35.6. The number of nitrogens with zero attached hydrogens (tertiary/aromatic N) is 4. The normalized spacial score (nSPS) is 13.4. The van der Waals surface area contributed by atoms with Crippen molar-refractivity contribution in [2.45, 2.75) is 0 Å². The van der Waals surface area contributed by atoms with E-state index in [9.17, 15) is 9.59 Å². The lowest BCUT2D eigenvalue weighted by Gasteiger charge is -2.30. The molecule has 230 valence electrons. The number of anilines is 1. The molecule has 0 atom stereocenters. The lowest BCUT2D eigenvalue weighted by Crippen LogP contribution is -2.45. The van der Waals surface area contributed by atoms with Crippen LogP contribution >= 0.6 is 23.2 Å². The van der Waals surface area contributed by atoms with Crippen LogP contribution in [-0.2, 0) is 9.53 Å². The zero-order valence-electron chi connectivity index (χ0n) is 24.5. The highest BCUT2D eigenvalue weighted by Gasteiger charge is 2.23. The van der Waals surface area contributed by atoms with Gasteiger partial charge in [0.1, 0.15) is 6.54 Å². The third-order valence-electron chi connectivity index (χ3n) is 7.25. The topological polar surface area (TPSA) is 98.2 Å². The van der Waals surface area contributed by atoms with Crippen LogP contribution in [0.15, 0.2) is 72.9 Å². The van der Waals surface area contributed by atoms with Gasteiger partial charge in [-0.1, -0.05) is 35.3 Å². The number of aromatic nitrogens is 2. The maximum absolute atomic E-state index is 13.6. The van der Waals surface area contributed by atoms with Gasteiger partial charge in [0.05, 0.1) is 38.8 Å². The highest BCUT2D eigenvalue weighted by Crippen LogP contribution is 2.32. The third kappa shape index (κ3) is 7.70. The summed E-state index contributed by atoms with van der Waals surface area (Å²) in [5, 5.41) is 4.05. The minimum Gasteiger partial charge on any atom is -0.493 e. The first kappa shape index (κ1) is 31.3. The van der Waals surface area contributed by atoms with Gasteiger partial charge >= 0.3 is 0 Å². The Bertz CT molecular complexity index is 1590. The van der Waals surface area contributed by atoms with E-state index >= 15 is 0 Å². The van der Waals surface area contributed by atoms with Crippen LogP contribution in [-0.4, -0.2) is 91.3 Å². The van der Waals surface area contributed by atoms with Crippen molar-refractivity contribution in [1.29, 1.82) is 0 Å². The average Bonchev–Trinajstić information content (AvgIpc) is 3.46. The highest BCUT2D eigenvalue weighted by atomic mass is 35.5. The van der Waals surface area contributed by atoms with E-state index in [-0.39, 0.29) is 18.4 Å². The molecule has 2 heterocycles. The Morgan fingerprint density at radius 1 is 0.932 bits per heavy atom. The number of hydrogen-bond donors (Lipinski definition) is 1. The number of ether oxygens (including phenoxy) is 3. The molecular weight excluding hydrogens is 605 g/mol. The number of morpholine rings is 1. The zero-order chi connectivity index (χ0) is 31.1. The molecule has 1 saturated heterocycles. The summed E-state index contributed by atoms with van der Waals surface area (Å²) in [6, 6.07) is 19.3. The number of carbonyl (C=O) groups is 2. The Hall–Kier alpha value is -4.09. The number of hydrogen-bond acceptors (Lipinski definition) is 7. The van der Waals surface area contributed by atoms with Crippen LogP contribution < -0.4 is 14.8 Å². The van der Waals surface area contributed by atoms with Gasteiger partial charge in [-0.05, 0) is 48.5 Å². The quantitative estimate of drug-likeness (QED) is 0.239. The van der Waals surface area contributed by atoms with E-state index in [1.807, 2.05) is 24.4 Å². The Kier molecular flexibility index (Phi) is 10.4. The van der Waals surface area contributed by atoms with Crippen molar-refractivity contribution in [3.05, 3.63) is 88.5 Å². The highest BCUT2D eigenvalue weighted by molar-refractivity contribution is 6.31. The summed E-state index contributed by atoms with van der Waals surface area (Å²) in [5.74, 6) is 0.696. The maximum Gasteiger partial charge on any atom is 0.254 e. The monoisotopic (exact) mass is 637 g/mol. The smallest absolute Gasteiger partial charge is 0.254 e. The molecule has 0 unspecified atom stereocenters. The van der Waals surface area contributed by atoms with Gasteiger partial charge in [0.15, 0.2) is 11.5 Å². The molecule has 5 rings (SSSR count). The predicted octanol–water partition coefficient (Wildman–Crippen LogP) is 5.28. The molecule has 0 aliphatic carbocycles. The van der Waals surface area contributed by atoms with Crippen LogP contribution in [0.5, 0.6) is 11.5 Å². The van der Waals surface area contributed by atoms with Crippen LogP contribution in [0.2, 0.25) is 10.0 Å². The molecule has 44 heavy (non-hydrogen) atoms. The van der Waals surface area contributed by atoms with E-state index in [4.69, 9.17) is 42.4 Å². The summed E-state index contributed by atoms with van der Waals surface area (Å²) in [7, 11) is 3.12. The van der Waals surface area contributed by atoms with Crippen molar-refractivity contribution in [1.82, 2.24) is 19.4 Å². The molecular formula is C32H33Cl2N5O5. The summed E-state index contributed by atoms with van der Waals surface area (Å²) in [6.45, 7) is 3.60. The molecule has 1 aromatic heterocycles. The molecule has 0 radical (unpaired) electrons. The molecule has 3 aromatic carbocycles. The van der Waals surface area contributed by atoms with Gasteiger partial charge in [-0.15, -0.1) is 0 Å². The average molecular weight is 639 g/mol. The van der Waals surface area contributed by atoms with Crippen molar-refractivity contribution in [2.75, 3.05) is 65.5 Å². The second kappa shape index (κ2) is 14.6. The summed E-state index contributed by atoms with van der Waals surface area (Å²) in [5.41, 5.74) is 2.57. The second-order valence-corrected chi connectivity index (χ2v) is 11.0. The number of imidazole rings is 1. The lowest BCUT2D eigenvalue weighted by atomic mass is 10.2. The van der Waals surface area contributed by atoms with E-state index in [1.54, 1.807) is 67.3 Å². The molecule has 0 saturated carbocycles. The number of nitrogens with one attached hydrogen (secondary N) is 1. The van der Waals surface area contributed by atoms with Gasteiger partial charge in [-0.2, -0.15) is 0 Å². The van der Waals surface area contributed by atoms with E-state index in [2.05, 4.69) is 10.2 Å². The van der Waals surface area contributed by atoms with Crippen molar-refractivity contribution in [2.24, 2.45) is 0 Å². The molecule has 10 nitrogen and oxygen atoms in total. The molecule has 2 amide bonds. The first-order chi connectivity index (χ1) is 21.3. The van der Waals surface area contributed by atoms with E-state index in [1.165, 1.54) is 4.90 Å². The third-order valence-corrected chi connectivity index (χ3v) is 7.75. The zero-order valence-corrected chi connectivity index (χ0v) is 26.0. The number of halogens is 2. The number of amides is 2. The van der Waals surface area contributed by atoms with Crippen LogP contribution in [0.1, 0.15) is 10.4 Å². The maximum atomic E-state index is 13.6. The van der Waals surface area contributed by atoms with Crippen molar-refractivity contribution in [3.63, 3.8) is 0 Å². The Labute approximate surface area is 266 Å². The van der Waals surface area contributed by atoms with Gasteiger partial charge in [-0.3, -0.25) is 24.4 Å². The van der Waals surface area contributed by atoms with Gasteiger partial charge in [0, 0.05) is 59.6 Å². The standard InChI is InChI=1S/C32H33Cl2N5O5/c1-42-28-12-11-26(19-29(28)43-2)39-20-27(22-3-7-24(33)8-4-22)35-32(39)36-30(40)21-38(14-13-37-15-17-44-18-16-37)31(41)23-5-9-25(34)10-6-23/h3-12,19-20H,13-18,21H2,1-2H3,(H,35,36,40). The molecule has 0 spiro atoms. The Morgan fingerprint density at radius 2 is 1.59 bits per heavy atom. The minimum absolute atomic E-state index is 0.180. The number of methoxy groups -OCH3 is 2. The first-order valence-corrected chi connectivity index (χ1v) is 14.8. The second-order valence-electron chi connectivity index (χ2n) is 10.1. The van der Waals surface area contributed by atoms with Crippen molar-refractivity contribution < 1.29 is 23.8 Å². The predicted molar refractivity (Wildman–Crippen MR) is 170 cm³/mol. The number of carbonyl (C=O) groups excluding carboxylic acids is 2. The van der Waals surface area contributed by atoms with Gasteiger partial charge in [0.25, 0.3) is 5.91 Å². The van der Waals surface area contributed by atoms with Crippen LogP contribution in [0.3, 0.4) is 0 Å². The fourth-order valence-corrected chi connectivity index (χ4v) is 5.10. The fourth-order valence-electron chi connectivity index (χ4n) is 4.85. The Balaban J connectivity index is 1.42. The fraction of sp³-hybridized carbons (Fsp3) is 0.281. The van der Waals surface area contributed by atoms with Crippen molar-refractivity contribution >= 4 is 41.0 Å². The lowest BCUT2D eigenvalue weighted by molar-refractivity contribution is -0.117. The molecule has 0 bridgehead atoms. The first-order valence-electron chi connectivity index (χ1n) is 14.1. The van der Waals surface area contributed by atoms with E-state index in [0.29, 0.717) is 64.8 Å². The van der Waals surface area contributed by atoms with Gasteiger partial charge in [-0.25, -0.2) is 4.98 Å². The van der Waals surface area contributed by atoms with Crippen molar-refractivity contribution in [3.8, 4) is 28.4 Å². The minimum atomic E-state index is -0.399. The number of benzene rings is 3. The molecule has 12 heteroatoms. The number of rotatable bonds is 11. The molecule has 1 aliphatic heterocycles. The largest absolute Gasteiger partial charge is 0.493 e. The summed E-state index contributed by atoms with van der Waals surface area (Å²) < 4.78 is 18.1. The molecule has 4 aromatic rings. The molecule has 1 fully saturated rings. The van der Waals surface area contributed by atoms with Gasteiger partial charge in [0.2, 0.25) is 11.9 Å². The summed E-state index contributed by atoms with van der Waals surface area (Å²) in [6.07, 6.45) is 1.81. The Morgan fingerprint density at radius 3 is 2.25 bits per heavy atom. The molecule has 1 N–H and O–H groups in total. The van der Waals surface area contributed by atoms with E-state index < -0.39 is 5.91 Å². The van der Waals surface area contributed by atoms with E-state index in [0.717, 1.165) is 18.7 Å². The van der Waals surface area contributed by atoms with Crippen LogP contribution in [0.4, 0.5) is 5.95 Å². The van der Waals surface area contributed by atoms with Crippen LogP contribution in [0.25, 0.3) is 16.9 Å². The SMILES string of the molecule is COc1ccc(-n2cc(-c3ccc(Cl)cc3)nc2NC(=O)CN(CCN2CCOCC2)C(=O)c2ccc(Cl)cc2)cc1OC. The van der Waals surface area contributed by atoms with Gasteiger partial charge < -0.3 is 19.1 Å². The van der Waals surface area contributed by atoms with Crippen LogP contribution in [0, 0.1) is 0 Å². The molecule has 1 aliphatic rings.